The van der Waals surface area contributed by atoms with E-state index in [0.29, 0.717) is 5.92 Å². The smallest absolute Gasteiger partial charge is 0.124 e. The van der Waals surface area contributed by atoms with Crippen molar-refractivity contribution in [2.75, 3.05) is 0 Å². The van der Waals surface area contributed by atoms with Crippen LogP contribution in [-0.2, 0) is 0 Å². The first-order valence-electron chi connectivity index (χ1n) is 3.88. The molecule has 0 saturated heterocycles. The molecular formula is C9H8N2O. The second kappa shape index (κ2) is 2.82. The summed E-state index contributed by atoms with van der Waals surface area (Å²) < 4.78 is 4.73. The minimum absolute atomic E-state index is 0.475. The van der Waals surface area contributed by atoms with E-state index in [1.165, 1.54) is 5.57 Å². The van der Waals surface area contributed by atoms with E-state index in [1.54, 1.807) is 12.3 Å². The van der Waals surface area contributed by atoms with Gasteiger partial charge >= 0.3 is 0 Å². The van der Waals surface area contributed by atoms with Crippen molar-refractivity contribution in [1.82, 2.24) is 5.16 Å². The first-order chi connectivity index (χ1) is 5.90. The molecule has 3 heteroatoms. The number of aromatic nitrogens is 1. The first-order valence-corrected chi connectivity index (χ1v) is 3.88. The Hall–Kier alpha value is -1.56. The van der Waals surface area contributed by atoms with Gasteiger partial charge in [-0.05, 0) is 12.8 Å². The summed E-state index contributed by atoms with van der Waals surface area (Å²) in [4.78, 5) is 0. The molecule has 1 aliphatic rings. The molecule has 0 aromatic carbocycles. The average molecular weight is 160 g/mol. The Morgan fingerprint density at radius 3 is 3.08 bits per heavy atom. The largest absolute Gasteiger partial charge is 0.365 e. The molecule has 2 rings (SSSR count). The fourth-order valence-corrected chi connectivity index (χ4v) is 1.42. The highest BCUT2D eigenvalue weighted by Gasteiger charge is 2.26. The van der Waals surface area contributed by atoms with Crippen LogP contribution in [0.2, 0.25) is 0 Å². The van der Waals surface area contributed by atoms with E-state index in [-0.39, 0.29) is 0 Å². The van der Waals surface area contributed by atoms with E-state index >= 15 is 0 Å². The van der Waals surface area contributed by atoms with Crippen LogP contribution in [0.15, 0.2) is 28.5 Å². The van der Waals surface area contributed by atoms with E-state index in [2.05, 4.69) is 5.16 Å². The van der Waals surface area contributed by atoms with E-state index in [4.69, 9.17) is 9.78 Å². The third-order valence-corrected chi connectivity index (χ3v) is 2.16. The van der Waals surface area contributed by atoms with Crippen LogP contribution in [-0.4, -0.2) is 5.16 Å². The second-order valence-corrected chi connectivity index (χ2v) is 2.96. The maximum absolute atomic E-state index is 8.36. The van der Waals surface area contributed by atoms with E-state index in [9.17, 15) is 0 Å². The van der Waals surface area contributed by atoms with Crippen molar-refractivity contribution in [1.29, 1.82) is 5.26 Å². The van der Waals surface area contributed by atoms with Gasteiger partial charge in [0.25, 0.3) is 0 Å². The summed E-state index contributed by atoms with van der Waals surface area (Å²) in [6.45, 7) is 0. The van der Waals surface area contributed by atoms with Crippen LogP contribution in [0.25, 0.3) is 0 Å². The van der Waals surface area contributed by atoms with Gasteiger partial charge < -0.3 is 4.52 Å². The third kappa shape index (κ3) is 1.12. The average Bonchev–Trinajstić information content (AvgIpc) is 2.47. The van der Waals surface area contributed by atoms with Crippen LogP contribution in [0.1, 0.15) is 24.5 Å². The normalized spacial score (nSPS) is 21.2. The standard InChI is InChI=1S/C9H8N2O/c10-3-1-7-5-8(6-7)9-2-4-12-11-9/h1-2,4,8H,5-6H2. The lowest BCUT2D eigenvalue weighted by Crippen LogP contribution is -2.12. The van der Waals surface area contributed by atoms with Crippen molar-refractivity contribution in [2.45, 2.75) is 18.8 Å². The zero-order chi connectivity index (χ0) is 8.39. The van der Waals surface area contributed by atoms with Crippen LogP contribution in [0.4, 0.5) is 0 Å². The maximum atomic E-state index is 8.36. The Balaban J connectivity index is 1.99. The molecule has 1 saturated carbocycles. The van der Waals surface area contributed by atoms with Crippen molar-refractivity contribution < 1.29 is 4.52 Å². The van der Waals surface area contributed by atoms with Gasteiger partial charge in [0.15, 0.2) is 0 Å². The summed E-state index contributed by atoms with van der Waals surface area (Å²) in [6.07, 6.45) is 5.12. The molecule has 1 aliphatic carbocycles. The molecule has 0 spiro atoms. The lowest BCUT2D eigenvalue weighted by molar-refractivity contribution is 0.394. The molecular weight excluding hydrogens is 152 g/mol. The highest BCUT2D eigenvalue weighted by atomic mass is 16.5. The molecule has 1 heterocycles. The molecule has 60 valence electrons. The predicted molar refractivity (Wildman–Crippen MR) is 42.2 cm³/mol. The predicted octanol–water partition coefficient (Wildman–Crippen LogP) is 2.00. The van der Waals surface area contributed by atoms with Gasteiger partial charge in [0.1, 0.15) is 6.26 Å². The van der Waals surface area contributed by atoms with E-state index < -0.39 is 0 Å². The topological polar surface area (TPSA) is 49.8 Å². The summed E-state index contributed by atoms with van der Waals surface area (Å²) in [5, 5.41) is 12.2. The van der Waals surface area contributed by atoms with Gasteiger partial charge in [-0.2, -0.15) is 5.26 Å². The highest BCUT2D eigenvalue weighted by molar-refractivity contribution is 5.27. The van der Waals surface area contributed by atoms with Crippen molar-refractivity contribution in [3.8, 4) is 6.07 Å². The van der Waals surface area contributed by atoms with Crippen molar-refractivity contribution in [2.24, 2.45) is 0 Å². The summed E-state index contributed by atoms with van der Waals surface area (Å²) in [6, 6.07) is 3.91. The van der Waals surface area contributed by atoms with Gasteiger partial charge in [-0.1, -0.05) is 10.7 Å². The Kier molecular flexibility index (Phi) is 1.67. The van der Waals surface area contributed by atoms with Crippen LogP contribution < -0.4 is 0 Å². The molecule has 0 unspecified atom stereocenters. The third-order valence-electron chi connectivity index (χ3n) is 2.16. The van der Waals surface area contributed by atoms with Gasteiger partial charge in [-0.25, -0.2) is 0 Å². The van der Waals surface area contributed by atoms with Crippen molar-refractivity contribution in [3.63, 3.8) is 0 Å². The molecule has 0 radical (unpaired) electrons. The Morgan fingerprint density at radius 2 is 2.50 bits per heavy atom. The number of nitrogens with zero attached hydrogens (tertiary/aromatic N) is 2. The van der Waals surface area contributed by atoms with E-state index in [0.717, 1.165) is 18.5 Å². The number of hydrogen-bond acceptors (Lipinski definition) is 3. The molecule has 1 aromatic rings. The number of rotatable bonds is 1. The van der Waals surface area contributed by atoms with Crippen LogP contribution in [0, 0.1) is 11.3 Å². The summed E-state index contributed by atoms with van der Waals surface area (Å²) >= 11 is 0. The molecule has 0 atom stereocenters. The van der Waals surface area contributed by atoms with Gasteiger partial charge in [0.05, 0.1) is 11.8 Å². The second-order valence-electron chi connectivity index (χ2n) is 2.96. The fraction of sp³-hybridized carbons (Fsp3) is 0.333. The van der Waals surface area contributed by atoms with Crippen molar-refractivity contribution in [3.05, 3.63) is 29.7 Å². The molecule has 0 amide bonds. The van der Waals surface area contributed by atoms with Crippen LogP contribution in [0.5, 0.6) is 0 Å². The van der Waals surface area contributed by atoms with Crippen LogP contribution >= 0.6 is 0 Å². The lowest BCUT2D eigenvalue weighted by Gasteiger charge is -2.26. The molecule has 0 bridgehead atoms. The number of hydrogen-bond donors (Lipinski definition) is 0. The number of allylic oxidation sites excluding steroid dienone is 2. The zero-order valence-corrected chi connectivity index (χ0v) is 6.53. The Labute approximate surface area is 70.3 Å². The molecule has 12 heavy (non-hydrogen) atoms. The number of nitriles is 1. The molecule has 3 nitrogen and oxygen atoms in total. The minimum Gasteiger partial charge on any atom is -0.365 e. The van der Waals surface area contributed by atoms with Crippen LogP contribution in [0.3, 0.4) is 0 Å². The Bertz CT molecular complexity index is 324. The minimum atomic E-state index is 0.475. The quantitative estimate of drug-likeness (QED) is 0.590. The lowest BCUT2D eigenvalue weighted by atomic mass is 9.78. The first kappa shape index (κ1) is 7.11. The monoisotopic (exact) mass is 160 g/mol. The summed E-state index contributed by atoms with van der Waals surface area (Å²) in [5.41, 5.74) is 2.22. The Morgan fingerprint density at radius 1 is 1.67 bits per heavy atom. The SMILES string of the molecule is N#CC=C1CC(c2ccon2)C1. The molecule has 1 aromatic heterocycles. The molecule has 0 N–H and O–H groups in total. The van der Waals surface area contributed by atoms with E-state index in [1.807, 2.05) is 12.1 Å². The molecule has 1 fully saturated rings. The highest BCUT2D eigenvalue weighted by Crippen LogP contribution is 2.39. The molecule has 0 aliphatic heterocycles. The zero-order valence-electron chi connectivity index (χ0n) is 6.53. The van der Waals surface area contributed by atoms with Gasteiger partial charge in [0.2, 0.25) is 0 Å². The summed E-state index contributed by atoms with van der Waals surface area (Å²) in [7, 11) is 0. The fourth-order valence-electron chi connectivity index (χ4n) is 1.42. The van der Waals surface area contributed by atoms with Gasteiger partial charge in [0, 0.05) is 18.1 Å². The van der Waals surface area contributed by atoms with Gasteiger partial charge in [-0.3, -0.25) is 0 Å². The van der Waals surface area contributed by atoms with Crippen molar-refractivity contribution >= 4 is 0 Å². The maximum Gasteiger partial charge on any atom is 0.124 e. The summed E-state index contributed by atoms with van der Waals surface area (Å²) in [5.74, 6) is 0.475. The van der Waals surface area contributed by atoms with Gasteiger partial charge in [-0.15, -0.1) is 0 Å².